The van der Waals surface area contributed by atoms with Crippen molar-refractivity contribution in [2.24, 2.45) is 0 Å². The Kier molecular flexibility index (Phi) is 3.46. The van der Waals surface area contributed by atoms with Gasteiger partial charge < -0.3 is 10.2 Å². The molecule has 0 aliphatic heterocycles. The van der Waals surface area contributed by atoms with Crippen LogP contribution in [0.15, 0.2) is 18.2 Å². The minimum Gasteiger partial charge on any atom is -0.508 e. The Morgan fingerprint density at radius 1 is 1.18 bits per heavy atom. The Morgan fingerprint density at radius 2 is 1.73 bits per heavy atom. The van der Waals surface area contributed by atoms with Crippen molar-refractivity contribution in [3.05, 3.63) is 23.8 Å². The van der Waals surface area contributed by atoms with Gasteiger partial charge in [-0.15, -0.1) is 0 Å². The molecule has 1 aromatic carbocycles. The van der Waals surface area contributed by atoms with Crippen molar-refractivity contribution in [2.75, 3.05) is 0 Å². The molecule has 4 nitrogen and oxygen atoms in total. The van der Waals surface area contributed by atoms with Crippen LogP contribution in [0.2, 0.25) is 0 Å². The van der Waals surface area contributed by atoms with E-state index >= 15 is 0 Å². The molecule has 11 heavy (non-hydrogen) atoms. The normalized spacial score (nSPS) is 7.91. The zero-order valence-electron chi connectivity index (χ0n) is 6.02. The minimum atomic E-state index is 0.185. The van der Waals surface area contributed by atoms with Gasteiger partial charge >= 0.3 is 0 Å². The standard InChI is InChI=1S/C7H8O2.N2/c1-5-4-6(8)2-3-7(5)9;1-2/h2-4,8-9H,1H3;. The molecule has 0 radical (unpaired) electrons. The van der Waals surface area contributed by atoms with Crippen molar-refractivity contribution in [3.63, 3.8) is 0 Å². The van der Waals surface area contributed by atoms with Crippen LogP contribution in [0.5, 0.6) is 11.5 Å². The second-order valence-corrected chi connectivity index (χ2v) is 1.97. The molecule has 4 heteroatoms. The number of hydrogen-bond acceptors (Lipinski definition) is 4. The third-order valence-electron chi connectivity index (χ3n) is 1.18. The predicted molar refractivity (Wildman–Crippen MR) is 38.0 cm³/mol. The fourth-order valence-corrected chi connectivity index (χ4v) is 0.640. The van der Waals surface area contributed by atoms with E-state index in [1.54, 1.807) is 6.92 Å². The number of nitrogens with zero attached hydrogens (tertiary/aromatic N) is 2. The first-order chi connectivity index (χ1) is 5.20. The Hall–Kier alpha value is -1.76. The van der Waals surface area contributed by atoms with Crippen LogP contribution in [0.3, 0.4) is 0 Å². The van der Waals surface area contributed by atoms with Crippen LogP contribution in [0.4, 0.5) is 0 Å². The predicted octanol–water partition coefficient (Wildman–Crippen LogP) is 1.44. The lowest BCUT2D eigenvalue weighted by molar-refractivity contribution is 0.456. The zero-order valence-corrected chi connectivity index (χ0v) is 6.02. The Labute approximate surface area is 64.1 Å². The second kappa shape index (κ2) is 4.12. The molecule has 0 fully saturated rings. The first-order valence-corrected chi connectivity index (χ1v) is 2.89. The van der Waals surface area contributed by atoms with Crippen LogP contribution >= 0.6 is 0 Å². The van der Waals surface area contributed by atoms with Gasteiger partial charge in [0.05, 0.1) is 0 Å². The lowest BCUT2D eigenvalue weighted by atomic mass is 10.2. The van der Waals surface area contributed by atoms with Crippen molar-refractivity contribution < 1.29 is 10.2 Å². The molecule has 0 saturated heterocycles. The van der Waals surface area contributed by atoms with Gasteiger partial charge in [0.1, 0.15) is 11.5 Å². The van der Waals surface area contributed by atoms with Crippen molar-refractivity contribution >= 4 is 0 Å². The maximum absolute atomic E-state index is 8.93. The first kappa shape index (κ1) is 9.24. The summed E-state index contributed by atoms with van der Waals surface area (Å²) in [7, 11) is 0. The van der Waals surface area contributed by atoms with Gasteiger partial charge in [0.15, 0.2) is 0 Å². The Bertz CT molecular complexity index is 258. The van der Waals surface area contributed by atoms with Crippen LogP contribution < -0.4 is 0 Å². The van der Waals surface area contributed by atoms with E-state index in [0.29, 0.717) is 5.56 Å². The molecule has 0 atom stereocenters. The van der Waals surface area contributed by atoms with Gasteiger partial charge in [0, 0.05) is 10.8 Å². The summed E-state index contributed by atoms with van der Waals surface area (Å²) in [6.45, 7) is 1.73. The van der Waals surface area contributed by atoms with Crippen LogP contribution in [-0.2, 0) is 0 Å². The third-order valence-corrected chi connectivity index (χ3v) is 1.18. The molecular weight excluding hydrogens is 144 g/mol. The minimum absolute atomic E-state index is 0.185. The molecule has 1 aromatic rings. The topological polar surface area (TPSA) is 88.0 Å². The molecular formula is C7H8N2O2. The highest BCUT2D eigenvalue weighted by atomic mass is 16.3. The molecule has 0 unspecified atom stereocenters. The maximum Gasteiger partial charge on any atom is 0.118 e. The molecule has 0 heterocycles. The highest BCUT2D eigenvalue weighted by Crippen LogP contribution is 2.19. The highest BCUT2D eigenvalue weighted by Gasteiger charge is 1.93. The van der Waals surface area contributed by atoms with Crippen LogP contribution in [0.1, 0.15) is 5.56 Å². The van der Waals surface area contributed by atoms with Crippen LogP contribution in [0.25, 0.3) is 0 Å². The summed E-state index contributed by atoms with van der Waals surface area (Å²) in [6, 6.07) is 4.42. The van der Waals surface area contributed by atoms with Gasteiger partial charge in [0.2, 0.25) is 0 Å². The van der Waals surface area contributed by atoms with Gasteiger partial charge in [-0.3, -0.25) is 0 Å². The summed E-state index contributed by atoms with van der Waals surface area (Å²) in [4.78, 5) is 0. The van der Waals surface area contributed by atoms with Gasteiger partial charge in [-0.2, -0.15) is 0 Å². The number of hydrogen-bond donors (Lipinski definition) is 2. The van der Waals surface area contributed by atoms with Crippen molar-refractivity contribution in [1.82, 2.24) is 0 Å². The van der Waals surface area contributed by atoms with Crippen molar-refractivity contribution in [1.29, 1.82) is 10.8 Å². The number of aromatic hydroxyl groups is 2. The van der Waals surface area contributed by atoms with Gasteiger partial charge in [-0.1, -0.05) is 0 Å². The average molecular weight is 152 g/mol. The number of benzene rings is 1. The Balaban J connectivity index is 0.000000461. The molecule has 2 N–H and O–H groups in total. The first-order valence-electron chi connectivity index (χ1n) is 2.89. The second-order valence-electron chi connectivity index (χ2n) is 1.97. The maximum atomic E-state index is 8.93. The van der Waals surface area contributed by atoms with Crippen LogP contribution in [-0.4, -0.2) is 10.2 Å². The van der Waals surface area contributed by atoms with Gasteiger partial charge in [0.25, 0.3) is 0 Å². The summed E-state index contributed by atoms with van der Waals surface area (Å²) in [6.07, 6.45) is 0. The molecule has 0 spiro atoms. The number of aryl methyl sites for hydroxylation is 1. The summed E-state index contributed by atoms with van der Waals surface area (Å²) in [5, 5.41) is 29.8. The lowest BCUT2D eigenvalue weighted by Crippen LogP contribution is -1.71. The fourth-order valence-electron chi connectivity index (χ4n) is 0.640. The van der Waals surface area contributed by atoms with Crippen molar-refractivity contribution in [2.45, 2.75) is 6.92 Å². The van der Waals surface area contributed by atoms with E-state index in [0.717, 1.165) is 0 Å². The molecule has 0 aliphatic rings. The monoisotopic (exact) mass is 152 g/mol. The average Bonchev–Trinajstić information content (AvgIpc) is 2.02. The molecule has 0 amide bonds. The van der Waals surface area contributed by atoms with Gasteiger partial charge in [-0.25, -0.2) is 0 Å². The number of phenols is 2. The third kappa shape index (κ3) is 2.54. The zero-order chi connectivity index (χ0) is 8.85. The summed E-state index contributed by atoms with van der Waals surface area (Å²) in [5.41, 5.74) is 0.690. The molecule has 1 rings (SSSR count). The summed E-state index contributed by atoms with van der Waals surface area (Å²) < 4.78 is 0. The molecule has 0 saturated carbocycles. The van der Waals surface area contributed by atoms with Crippen LogP contribution in [0, 0.1) is 17.7 Å². The SMILES string of the molecule is Cc1cc(O)ccc1O.N#N. The molecule has 0 aromatic heterocycles. The smallest absolute Gasteiger partial charge is 0.118 e. The van der Waals surface area contributed by atoms with Crippen molar-refractivity contribution in [3.8, 4) is 11.5 Å². The highest BCUT2D eigenvalue weighted by molar-refractivity contribution is 5.37. The molecule has 0 aliphatic carbocycles. The van der Waals surface area contributed by atoms with E-state index in [1.807, 2.05) is 0 Å². The summed E-state index contributed by atoms with van der Waals surface area (Å²) >= 11 is 0. The summed E-state index contributed by atoms with van der Waals surface area (Å²) in [5.74, 6) is 0.401. The lowest BCUT2D eigenvalue weighted by Gasteiger charge is -1.96. The molecule has 58 valence electrons. The fraction of sp³-hybridized carbons (Fsp3) is 0.143. The van der Waals surface area contributed by atoms with E-state index in [2.05, 4.69) is 0 Å². The van der Waals surface area contributed by atoms with E-state index in [9.17, 15) is 0 Å². The number of rotatable bonds is 0. The Morgan fingerprint density at radius 3 is 2.09 bits per heavy atom. The van der Waals surface area contributed by atoms with E-state index < -0.39 is 0 Å². The van der Waals surface area contributed by atoms with E-state index in [4.69, 9.17) is 21.0 Å². The van der Waals surface area contributed by atoms with E-state index in [-0.39, 0.29) is 11.5 Å². The number of phenolic OH excluding ortho intramolecular Hbond substituents is 2. The van der Waals surface area contributed by atoms with E-state index in [1.165, 1.54) is 18.2 Å². The van der Waals surface area contributed by atoms with Gasteiger partial charge in [-0.05, 0) is 30.7 Å². The quantitative estimate of drug-likeness (QED) is 0.434. The largest absolute Gasteiger partial charge is 0.508 e. The molecule has 0 bridgehead atoms.